The number of ether oxygens (including phenoxy) is 1. The largest absolute Gasteiger partial charge is 0.469 e. The normalized spacial score (nSPS) is 30.7. The molecule has 11 heteroatoms. The van der Waals surface area contributed by atoms with Crippen LogP contribution in [0.1, 0.15) is 19.0 Å². The average molecular weight is 406 g/mol. The summed E-state index contributed by atoms with van der Waals surface area (Å²) in [6.07, 6.45) is -4.41. The smallest absolute Gasteiger partial charge is 0.433 e. The van der Waals surface area contributed by atoms with Gasteiger partial charge in [0.25, 0.3) is 5.92 Å². The number of hydrogen-bond acceptors (Lipinski definition) is 6. The van der Waals surface area contributed by atoms with Gasteiger partial charge in [-0.15, -0.1) is 0 Å². The highest BCUT2D eigenvalue weighted by atomic mass is 19.4. The van der Waals surface area contributed by atoms with E-state index in [2.05, 4.69) is 14.7 Å². The van der Waals surface area contributed by atoms with Crippen LogP contribution in [0.5, 0.6) is 0 Å². The van der Waals surface area contributed by atoms with Gasteiger partial charge in [0, 0.05) is 25.6 Å². The fraction of sp³-hybridized carbons (Fsp3) is 0.706. The standard InChI is InChI=1S/C17H19F5N4O2/c1-8-16(18,19)7-26(8)15-23-12(17(20,21)22)4-13(24-15)25-5-10-9(11(10)6-25)3-14(27)28-2/h4,8-11H,3,5-7H2,1-2H3. The van der Waals surface area contributed by atoms with E-state index in [9.17, 15) is 26.7 Å². The second-order valence-corrected chi connectivity index (χ2v) is 7.65. The number of anilines is 2. The van der Waals surface area contributed by atoms with Crippen LogP contribution in [0.3, 0.4) is 0 Å². The van der Waals surface area contributed by atoms with Crippen LogP contribution >= 0.6 is 0 Å². The lowest BCUT2D eigenvalue weighted by molar-refractivity contribution is -0.142. The highest BCUT2D eigenvalue weighted by Crippen LogP contribution is 2.54. The maximum Gasteiger partial charge on any atom is 0.433 e. The van der Waals surface area contributed by atoms with E-state index in [4.69, 9.17) is 0 Å². The van der Waals surface area contributed by atoms with Crippen LogP contribution in [-0.4, -0.2) is 54.6 Å². The van der Waals surface area contributed by atoms with Crippen molar-refractivity contribution in [3.63, 3.8) is 0 Å². The monoisotopic (exact) mass is 406 g/mol. The molecule has 0 radical (unpaired) electrons. The molecule has 0 amide bonds. The van der Waals surface area contributed by atoms with Gasteiger partial charge in [0.15, 0.2) is 5.69 Å². The van der Waals surface area contributed by atoms with E-state index in [1.807, 2.05) is 0 Å². The molecule has 3 heterocycles. The average Bonchev–Trinajstić information content (AvgIpc) is 3.06. The first-order valence-corrected chi connectivity index (χ1v) is 8.94. The number of rotatable bonds is 4. The molecule has 1 saturated carbocycles. The van der Waals surface area contributed by atoms with Gasteiger partial charge < -0.3 is 14.5 Å². The van der Waals surface area contributed by atoms with E-state index < -0.39 is 30.4 Å². The first kappa shape index (κ1) is 19.1. The van der Waals surface area contributed by atoms with Gasteiger partial charge in [0.1, 0.15) is 5.82 Å². The lowest BCUT2D eigenvalue weighted by atomic mass is 10.0. The number of nitrogens with zero attached hydrogens (tertiary/aromatic N) is 4. The first-order chi connectivity index (χ1) is 13.0. The summed E-state index contributed by atoms with van der Waals surface area (Å²) in [6.45, 7) is 1.45. The molecule has 1 aromatic rings. The highest BCUT2D eigenvalue weighted by molar-refractivity contribution is 5.70. The Bertz CT molecular complexity index is 790. The molecule has 6 nitrogen and oxygen atoms in total. The zero-order valence-electron chi connectivity index (χ0n) is 15.2. The Morgan fingerprint density at radius 3 is 2.43 bits per heavy atom. The number of piperidine rings is 1. The van der Waals surface area contributed by atoms with E-state index in [0.29, 0.717) is 19.5 Å². The lowest BCUT2D eigenvalue weighted by Crippen LogP contribution is -2.64. The Morgan fingerprint density at radius 1 is 1.29 bits per heavy atom. The third-order valence-electron chi connectivity index (χ3n) is 6.03. The quantitative estimate of drug-likeness (QED) is 0.566. The van der Waals surface area contributed by atoms with Gasteiger partial charge in [0.05, 0.1) is 19.7 Å². The molecular formula is C17H19F5N4O2. The van der Waals surface area contributed by atoms with Gasteiger partial charge in [-0.2, -0.15) is 18.2 Å². The molecule has 0 N–H and O–H groups in total. The first-order valence-electron chi connectivity index (χ1n) is 8.94. The number of carbonyl (C=O) groups excluding carboxylic acids is 1. The third kappa shape index (κ3) is 3.14. The van der Waals surface area contributed by atoms with E-state index in [0.717, 1.165) is 11.0 Å². The molecule has 3 unspecified atom stereocenters. The van der Waals surface area contributed by atoms with Crippen LogP contribution in [0.2, 0.25) is 0 Å². The molecule has 2 aliphatic heterocycles. The summed E-state index contributed by atoms with van der Waals surface area (Å²) >= 11 is 0. The van der Waals surface area contributed by atoms with Crippen LogP contribution in [-0.2, 0) is 15.7 Å². The van der Waals surface area contributed by atoms with Crippen molar-refractivity contribution in [2.45, 2.75) is 31.5 Å². The van der Waals surface area contributed by atoms with Crippen LogP contribution in [0.15, 0.2) is 6.07 Å². The Balaban J connectivity index is 1.54. The molecule has 1 aromatic heterocycles. The fourth-order valence-corrected chi connectivity index (χ4v) is 4.13. The van der Waals surface area contributed by atoms with E-state index in [1.54, 1.807) is 4.90 Å². The summed E-state index contributed by atoms with van der Waals surface area (Å²) in [4.78, 5) is 21.8. The summed E-state index contributed by atoms with van der Waals surface area (Å²) in [5.41, 5.74) is -1.15. The summed E-state index contributed by atoms with van der Waals surface area (Å²) < 4.78 is 71.4. The molecule has 1 aliphatic carbocycles. The van der Waals surface area contributed by atoms with Crippen molar-refractivity contribution in [3.05, 3.63) is 11.8 Å². The van der Waals surface area contributed by atoms with Crippen molar-refractivity contribution in [2.75, 3.05) is 36.5 Å². The van der Waals surface area contributed by atoms with Gasteiger partial charge in [0.2, 0.25) is 5.95 Å². The number of methoxy groups -OCH3 is 1. The van der Waals surface area contributed by atoms with Crippen molar-refractivity contribution in [2.24, 2.45) is 17.8 Å². The Hall–Kier alpha value is -2.20. The Morgan fingerprint density at radius 2 is 1.93 bits per heavy atom. The maximum atomic E-state index is 13.5. The van der Waals surface area contributed by atoms with Crippen molar-refractivity contribution in [3.8, 4) is 0 Å². The summed E-state index contributed by atoms with van der Waals surface area (Å²) in [5, 5.41) is 0. The number of carbonyl (C=O) groups is 1. The van der Waals surface area contributed by atoms with Crippen molar-refractivity contribution in [1.82, 2.24) is 9.97 Å². The molecule has 3 atom stereocenters. The number of aromatic nitrogens is 2. The van der Waals surface area contributed by atoms with Gasteiger partial charge >= 0.3 is 12.1 Å². The zero-order chi connectivity index (χ0) is 20.4. The Kier molecular flexibility index (Phi) is 4.20. The minimum absolute atomic E-state index is 0.0729. The van der Waals surface area contributed by atoms with Crippen LogP contribution in [0, 0.1) is 17.8 Å². The number of alkyl halides is 5. The predicted molar refractivity (Wildman–Crippen MR) is 88.1 cm³/mol. The molecule has 3 fully saturated rings. The topological polar surface area (TPSA) is 58.6 Å². The molecule has 3 aliphatic rings. The molecule has 0 spiro atoms. The number of esters is 1. The molecule has 4 rings (SSSR count). The summed E-state index contributed by atoms with van der Waals surface area (Å²) in [6, 6.07) is -0.410. The maximum absolute atomic E-state index is 13.5. The zero-order valence-corrected chi connectivity index (χ0v) is 15.2. The van der Waals surface area contributed by atoms with Crippen molar-refractivity contribution < 1.29 is 31.5 Å². The van der Waals surface area contributed by atoms with Crippen LogP contribution in [0.4, 0.5) is 33.7 Å². The van der Waals surface area contributed by atoms with Gasteiger partial charge in [-0.1, -0.05) is 0 Å². The molecule has 154 valence electrons. The molecule has 0 aromatic carbocycles. The minimum Gasteiger partial charge on any atom is -0.469 e. The second kappa shape index (κ2) is 6.15. The van der Waals surface area contributed by atoms with Gasteiger partial charge in [-0.25, -0.2) is 13.8 Å². The highest BCUT2D eigenvalue weighted by Gasteiger charge is 2.57. The lowest BCUT2D eigenvalue weighted by Gasteiger charge is -2.45. The second-order valence-electron chi connectivity index (χ2n) is 7.65. The van der Waals surface area contributed by atoms with Crippen molar-refractivity contribution in [1.29, 1.82) is 0 Å². The minimum atomic E-state index is -4.71. The van der Waals surface area contributed by atoms with Crippen LogP contribution in [0.25, 0.3) is 0 Å². The van der Waals surface area contributed by atoms with E-state index in [1.165, 1.54) is 14.0 Å². The van der Waals surface area contributed by atoms with Crippen molar-refractivity contribution >= 4 is 17.7 Å². The molecular weight excluding hydrogens is 387 g/mol. The molecule has 0 bridgehead atoms. The van der Waals surface area contributed by atoms with Crippen LogP contribution < -0.4 is 9.80 Å². The molecule has 28 heavy (non-hydrogen) atoms. The van der Waals surface area contributed by atoms with E-state index in [-0.39, 0.29) is 35.5 Å². The third-order valence-corrected chi connectivity index (χ3v) is 6.03. The summed E-state index contributed by atoms with van der Waals surface area (Å²) in [5.74, 6) is -2.99. The Labute approximate surface area is 157 Å². The van der Waals surface area contributed by atoms with Gasteiger partial charge in [-0.05, 0) is 24.7 Å². The predicted octanol–water partition coefficient (Wildman–Crippen LogP) is 2.58. The SMILES string of the molecule is COC(=O)CC1C2CN(c3cc(C(F)(F)F)nc(N4CC(F)(F)C4C)n3)CC12. The number of hydrogen-bond donors (Lipinski definition) is 0. The van der Waals surface area contributed by atoms with E-state index >= 15 is 0 Å². The summed E-state index contributed by atoms with van der Waals surface area (Å²) in [7, 11) is 1.31. The molecule has 2 saturated heterocycles. The number of fused-ring (bicyclic) bond motifs is 1. The number of halogens is 5. The van der Waals surface area contributed by atoms with Gasteiger partial charge in [-0.3, -0.25) is 4.79 Å². The fourth-order valence-electron chi connectivity index (χ4n) is 4.13.